The van der Waals surface area contributed by atoms with E-state index in [0.29, 0.717) is 11.7 Å². The predicted octanol–water partition coefficient (Wildman–Crippen LogP) is 2.28. The van der Waals surface area contributed by atoms with Gasteiger partial charge in [0.15, 0.2) is 0 Å². The number of aromatic nitrogens is 1. The maximum Gasteiger partial charge on any atom is 0.111 e. The van der Waals surface area contributed by atoms with Gasteiger partial charge >= 0.3 is 0 Å². The Kier molecular flexibility index (Phi) is 1.79. The maximum absolute atomic E-state index is 5.93. The topological polar surface area (TPSA) is 41.8 Å². The molecule has 0 aliphatic rings. The van der Waals surface area contributed by atoms with Crippen molar-refractivity contribution in [1.82, 2.24) is 4.98 Å². The third-order valence-electron chi connectivity index (χ3n) is 1.97. The van der Waals surface area contributed by atoms with Crippen molar-refractivity contribution >= 4 is 22.5 Å². The summed E-state index contributed by atoms with van der Waals surface area (Å²) < 4.78 is 0. The van der Waals surface area contributed by atoms with Crippen LogP contribution in [0.5, 0.6) is 0 Å². The van der Waals surface area contributed by atoms with Crippen LogP contribution in [0.1, 0.15) is 5.56 Å². The lowest BCUT2D eigenvalue weighted by atomic mass is 10.2. The molecule has 0 spiro atoms. The minimum atomic E-state index is 0.475. The number of hydrogen-bond donors (Lipinski definition) is 2. The van der Waals surface area contributed by atoms with Crippen LogP contribution in [0, 0.1) is 0 Å². The van der Waals surface area contributed by atoms with Crippen molar-refractivity contribution in [3.63, 3.8) is 0 Å². The molecule has 0 radical (unpaired) electrons. The summed E-state index contributed by atoms with van der Waals surface area (Å²) >= 11 is 5.93. The third-order valence-corrected chi connectivity index (χ3v) is 2.29. The second-order valence-electron chi connectivity index (χ2n) is 2.67. The monoisotopic (exact) mass is 180 g/mol. The summed E-state index contributed by atoms with van der Waals surface area (Å²) in [5.41, 5.74) is 7.59. The van der Waals surface area contributed by atoms with Gasteiger partial charge in [0, 0.05) is 23.0 Å². The highest BCUT2D eigenvalue weighted by atomic mass is 35.5. The number of para-hydroxylation sites is 1. The molecule has 0 atom stereocenters. The van der Waals surface area contributed by atoms with Crippen molar-refractivity contribution in [2.24, 2.45) is 5.73 Å². The van der Waals surface area contributed by atoms with Crippen LogP contribution in [0.25, 0.3) is 10.9 Å². The van der Waals surface area contributed by atoms with E-state index in [1.54, 1.807) is 0 Å². The minimum Gasteiger partial charge on any atom is -0.345 e. The molecule has 1 heterocycles. The summed E-state index contributed by atoms with van der Waals surface area (Å²) in [5, 5.41) is 1.77. The van der Waals surface area contributed by atoms with Crippen molar-refractivity contribution in [2.45, 2.75) is 6.54 Å². The van der Waals surface area contributed by atoms with Crippen LogP contribution < -0.4 is 5.73 Å². The van der Waals surface area contributed by atoms with Crippen molar-refractivity contribution in [3.05, 3.63) is 35.0 Å². The van der Waals surface area contributed by atoms with E-state index in [9.17, 15) is 0 Å². The Hall–Kier alpha value is -0.990. The molecular formula is C9H9ClN2. The summed E-state index contributed by atoms with van der Waals surface area (Å²) in [4.78, 5) is 3.06. The molecule has 2 rings (SSSR count). The fourth-order valence-electron chi connectivity index (χ4n) is 1.37. The lowest BCUT2D eigenvalue weighted by molar-refractivity contribution is 1.08. The first-order chi connectivity index (χ1) is 5.83. The molecule has 0 aliphatic heterocycles. The van der Waals surface area contributed by atoms with Crippen molar-refractivity contribution in [1.29, 1.82) is 0 Å². The molecule has 1 aromatic carbocycles. The highest BCUT2D eigenvalue weighted by Crippen LogP contribution is 2.24. The number of aromatic amines is 1. The summed E-state index contributed by atoms with van der Waals surface area (Å²) in [6.07, 6.45) is 0. The average Bonchev–Trinajstić information content (AvgIpc) is 2.40. The van der Waals surface area contributed by atoms with Gasteiger partial charge in [-0.2, -0.15) is 0 Å². The number of fused-ring (bicyclic) bond motifs is 1. The maximum atomic E-state index is 5.93. The molecule has 0 amide bonds. The molecule has 0 unspecified atom stereocenters. The number of benzene rings is 1. The first kappa shape index (κ1) is 7.65. The molecule has 62 valence electrons. The molecule has 0 saturated carbocycles. The zero-order chi connectivity index (χ0) is 8.55. The van der Waals surface area contributed by atoms with E-state index in [4.69, 9.17) is 17.3 Å². The van der Waals surface area contributed by atoms with E-state index in [0.717, 1.165) is 16.5 Å². The predicted molar refractivity (Wildman–Crippen MR) is 51.2 cm³/mol. The van der Waals surface area contributed by atoms with E-state index in [2.05, 4.69) is 4.98 Å². The molecule has 0 saturated heterocycles. The van der Waals surface area contributed by atoms with E-state index in [1.165, 1.54) is 0 Å². The molecule has 0 bridgehead atoms. The van der Waals surface area contributed by atoms with Crippen molar-refractivity contribution in [2.75, 3.05) is 0 Å². The van der Waals surface area contributed by atoms with Gasteiger partial charge in [-0.15, -0.1) is 0 Å². The number of nitrogens with one attached hydrogen (secondary N) is 1. The fraction of sp³-hybridized carbons (Fsp3) is 0.111. The number of hydrogen-bond acceptors (Lipinski definition) is 1. The molecule has 0 fully saturated rings. The quantitative estimate of drug-likeness (QED) is 0.695. The zero-order valence-electron chi connectivity index (χ0n) is 6.47. The lowest BCUT2D eigenvalue weighted by Crippen LogP contribution is -1.94. The van der Waals surface area contributed by atoms with E-state index in [1.807, 2.05) is 24.3 Å². The molecule has 12 heavy (non-hydrogen) atoms. The fourth-order valence-corrected chi connectivity index (χ4v) is 1.65. The van der Waals surface area contributed by atoms with Crippen LogP contribution in [0.15, 0.2) is 24.3 Å². The van der Waals surface area contributed by atoms with Crippen LogP contribution in [0.4, 0.5) is 0 Å². The second kappa shape index (κ2) is 2.81. The molecular weight excluding hydrogens is 172 g/mol. The van der Waals surface area contributed by atoms with Gasteiger partial charge < -0.3 is 10.7 Å². The Morgan fingerprint density at radius 2 is 2.08 bits per heavy atom. The Labute approximate surface area is 75.3 Å². The van der Waals surface area contributed by atoms with Crippen LogP contribution in [-0.2, 0) is 6.54 Å². The molecule has 2 nitrogen and oxygen atoms in total. The van der Waals surface area contributed by atoms with Crippen LogP contribution in [0.2, 0.25) is 5.15 Å². The Balaban J connectivity index is 2.81. The van der Waals surface area contributed by atoms with Gasteiger partial charge in [0.2, 0.25) is 0 Å². The first-order valence-corrected chi connectivity index (χ1v) is 4.16. The summed E-state index contributed by atoms with van der Waals surface area (Å²) in [5.74, 6) is 0. The minimum absolute atomic E-state index is 0.475. The lowest BCUT2D eigenvalue weighted by Gasteiger charge is -1.92. The van der Waals surface area contributed by atoms with Gasteiger partial charge in [0.05, 0.1) is 0 Å². The Morgan fingerprint density at radius 1 is 1.33 bits per heavy atom. The van der Waals surface area contributed by atoms with Gasteiger partial charge in [-0.05, 0) is 6.07 Å². The molecule has 2 aromatic rings. The van der Waals surface area contributed by atoms with E-state index < -0.39 is 0 Å². The number of H-pyrrole nitrogens is 1. The largest absolute Gasteiger partial charge is 0.345 e. The summed E-state index contributed by atoms with van der Waals surface area (Å²) in [7, 11) is 0. The van der Waals surface area contributed by atoms with Gasteiger partial charge in [-0.25, -0.2) is 0 Å². The second-order valence-corrected chi connectivity index (χ2v) is 3.05. The van der Waals surface area contributed by atoms with Gasteiger partial charge in [-0.1, -0.05) is 29.8 Å². The highest BCUT2D eigenvalue weighted by Gasteiger charge is 2.05. The van der Waals surface area contributed by atoms with Gasteiger partial charge in [0.25, 0.3) is 0 Å². The first-order valence-electron chi connectivity index (χ1n) is 3.78. The molecule has 3 N–H and O–H groups in total. The van der Waals surface area contributed by atoms with Crippen molar-refractivity contribution < 1.29 is 0 Å². The third kappa shape index (κ3) is 1.00. The standard InChI is InChI=1S/C9H9ClN2/c10-9-7(5-11)6-3-1-2-4-8(6)12-9/h1-4,12H,5,11H2. The van der Waals surface area contributed by atoms with Crippen molar-refractivity contribution in [3.8, 4) is 0 Å². The van der Waals surface area contributed by atoms with Crippen LogP contribution >= 0.6 is 11.6 Å². The van der Waals surface area contributed by atoms with Crippen LogP contribution in [-0.4, -0.2) is 4.98 Å². The van der Waals surface area contributed by atoms with Gasteiger partial charge in [0.1, 0.15) is 5.15 Å². The molecule has 3 heteroatoms. The zero-order valence-corrected chi connectivity index (χ0v) is 7.23. The normalized spacial score (nSPS) is 10.8. The Morgan fingerprint density at radius 3 is 2.83 bits per heavy atom. The van der Waals surface area contributed by atoms with E-state index >= 15 is 0 Å². The number of halogens is 1. The molecule has 1 aromatic heterocycles. The smallest absolute Gasteiger partial charge is 0.111 e. The SMILES string of the molecule is NCc1c(Cl)[nH]c2ccccc12. The number of nitrogens with two attached hydrogens (primary N) is 1. The van der Waals surface area contributed by atoms with Gasteiger partial charge in [-0.3, -0.25) is 0 Å². The summed E-state index contributed by atoms with van der Waals surface area (Å²) in [6, 6.07) is 7.95. The average molecular weight is 181 g/mol. The highest BCUT2D eigenvalue weighted by molar-refractivity contribution is 6.31. The molecule has 0 aliphatic carbocycles. The Bertz CT molecular complexity index is 406. The van der Waals surface area contributed by atoms with Crippen LogP contribution in [0.3, 0.4) is 0 Å². The summed E-state index contributed by atoms with van der Waals surface area (Å²) in [6.45, 7) is 0.475. The number of rotatable bonds is 1. The van der Waals surface area contributed by atoms with E-state index in [-0.39, 0.29) is 0 Å².